The van der Waals surface area contributed by atoms with Gasteiger partial charge in [0.05, 0.1) is 41.7 Å². The number of anilines is 1. The van der Waals surface area contributed by atoms with Crippen LogP contribution in [0.5, 0.6) is 5.75 Å². The largest absolute Gasteiger partial charge is 0.573 e. The number of hydrogen-bond donors (Lipinski definition) is 0. The van der Waals surface area contributed by atoms with Crippen LogP contribution in [0.15, 0.2) is 47.6 Å². The summed E-state index contributed by atoms with van der Waals surface area (Å²) in [5, 5.41) is 4.58. The molecule has 16 heteroatoms. The Morgan fingerprint density at radius 1 is 1.12 bits per heavy atom. The van der Waals surface area contributed by atoms with Crippen LogP contribution in [0.25, 0.3) is 0 Å². The van der Waals surface area contributed by atoms with Crippen molar-refractivity contribution in [3.8, 4) is 5.75 Å². The van der Waals surface area contributed by atoms with E-state index in [0.717, 1.165) is 51.6 Å². The van der Waals surface area contributed by atoms with Gasteiger partial charge < -0.3 is 14.2 Å². The van der Waals surface area contributed by atoms with Gasteiger partial charge in [0.1, 0.15) is 11.2 Å². The van der Waals surface area contributed by atoms with E-state index in [4.69, 9.17) is 21.1 Å². The van der Waals surface area contributed by atoms with Crippen LogP contribution in [-0.4, -0.2) is 61.7 Å². The van der Waals surface area contributed by atoms with Crippen molar-refractivity contribution in [2.24, 2.45) is 10.5 Å². The number of carbonyl (C=O) groups is 2. The fraction of sp³-hybridized carbons (Fsp3) is 0.400. The third-order valence-corrected chi connectivity index (χ3v) is 6.98. The Bertz CT molecular complexity index is 1290. The Kier molecular flexibility index (Phi) is 10.1. The number of nitrogens with zero attached hydrogens (tertiary/aromatic N) is 3. The number of ether oxygens (including phenoxy) is 3. The summed E-state index contributed by atoms with van der Waals surface area (Å²) >= 11 is 6.86. The van der Waals surface area contributed by atoms with Crippen LogP contribution in [0.4, 0.5) is 36.8 Å². The molecule has 0 radical (unpaired) electrons. The standard InChI is InChI=1S/C25H24ClF6N3O5S/c1-4-39-21(36)23(2)14-34(33-20(23)15-5-10-18(19(26)13-15)24(27,28)29)22(37)35(41-12-11-38-3)16-6-8-17(9-7-16)40-25(30,31)32/h5-10,13H,4,11-12,14H2,1-3H3. The monoisotopic (exact) mass is 627 g/mol. The molecular formula is C25H24ClF6N3O5S. The molecule has 1 aliphatic heterocycles. The van der Waals surface area contributed by atoms with E-state index in [9.17, 15) is 35.9 Å². The third kappa shape index (κ3) is 7.77. The summed E-state index contributed by atoms with van der Waals surface area (Å²) in [5.41, 5.74) is -2.53. The van der Waals surface area contributed by atoms with Crippen molar-refractivity contribution in [2.45, 2.75) is 26.4 Å². The zero-order valence-electron chi connectivity index (χ0n) is 21.8. The number of rotatable bonds is 9. The highest BCUT2D eigenvalue weighted by Crippen LogP contribution is 2.39. The molecule has 0 aromatic heterocycles. The lowest BCUT2D eigenvalue weighted by Gasteiger charge is -2.27. The molecule has 0 saturated heterocycles. The Labute approximate surface area is 240 Å². The maximum absolute atomic E-state index is 13.7. The first kappa shape index (κ1) is 32.3. The van der Waals surface area contributed by atoms with Gasteiger partial charge in [0.25, 0.3) is 0 Å². The highest BCUT2D eigenvalue weighted by Gasteiger charge is 2.49. The molecule has 224 valence electrons. The van der Waals surface area contributed by atoms with Gasteiger partial charge in [-0.3, -0.25) is 4.79 Å². The van der Waals surface area contributed by atoms with Gasteiger partial charge in [-0.2, -0.15) is 18.3 Å². The van der Waals surface area contributed by atoms with Gasteiger partial charge >= 0.3 is 24.5 Å². The van der Waals surface area contributed by atoms with Crippen LogP contribution in [0.1, 0.15) is 25.0 Å². The fourth-order valence-electron chi connectivity index (χ4n) is 3.81. The molecule has 2 aromatic carbocycles. The number of methoxy groups -OCH3 is 1. The Morgan fingerprint density at radius 2 is 1.78 bits per heavy atom. The lowest BCUT2D eigenvalue weighted by atomic mass is 9.82. The summed E-state index contributed by atoms with van der Waals surface area (Å²) in [6, 6.07) is 6.52. The minimum atomic E-state index is -4.91. The maximum atomic E-state index is 13.7. The SMILES string of the molecule is CCOC(=O)C1(C)CN(C(=O)N(SCCOC)c2ccc(OC(F)(F)F)cc2)N=C1c1ccc(C(F)(F)F)c(Cl)c1. The average Bonchev–Trinajstić information content (AvgIpc) is 3.24. The zero-order valence-corrected chi connectivity index (χ0v) is 23.4. The van der Waals surface area contributed by atoms with Gasteiger partial charge in [0, 0.05) is 18.4 Å². The van der Waals surface area contributed by atoms with E-state index in [1.807, 2.05) is 0 Å². The van der Waals surface area contributed by atoms with E-state index < -0.39 is 46.3 Å². The van der Waals surface area contributed by atoms with Gasteiger partial charge in [-0.25, -0.2) is 14.1 Å². The highest BCUT2D eigenvalue weighted by atomic mass is 35.5. The molecule has 1 unspecified atom stereocenters. The Hall–Kier alpha value is -3.17. The second kappa shape index (κ2) is 12.8. The van der Waals surface area contributed by atoms with Crippen LogP contribution >= 0.6 is 23.5 Å². The molecule has 0 saturated carbocycles. The maximum Gasteiger partial charge on any atom is 0.573 e. The molecule has 2 amide bonds. The topological polar surface area (TPSA) is 80.7 Å². The number of carbonyl (C=O) groups excluding carboxylic acids is 2. The summed E-state index contributed by atoms with van der Waals surface area (Å²) in [5.74, 6) is -1.04. The first-order chi connectivity index (χ1) is 19.1. The highest BCUT2D eigenvalue weighted by molar-refractivity contribution is 8.01. The van der Waals surface area contributed by atoms with Gasteiger partial charge in [-0.15, -0.1) is 13.2 Å². The molecule has 1 heterocycles. The molecule has 2 aromatic rings. The van der Waals surface area contributed by atoms with E-state index in [1.165, 1.54) is 26.2 Å². The summed E-state index contributed by atoms with van der Waals surface area (Å²) in [7, 11) is 1.44. The number of esters is 1. The first-order valence-corrected chi connectivity index (χ1v) is 13.2. The zero-order chi connectivity index (χ0) is 30.6. The van der Waals surface area contributed by atoms with E-state index >= 15 is 0 Å². The van der Waals surface area contributed by atoms with Gasteiger partial charge in [0.15, 0.2) is 0 Å². The summed E-state index contributed by atoms with van der Waals surface area (Å²) in [4.78, 5) is 26.7. The number of hydrogen-bond acceptors (Lipinski definition) is 7. The van der Waals surface area contributed by atoms with E-state index in [2.05, 4.69) is 9.84 Å². The van der Waals surface area contributed by atoms with Crippen molar-refractivity contribution in [3.63, 3.8) is 0 Å². The number of hydrazone groups is 1. The lowest BCUT2D eigenvalue weighted by Crippen LogP contribution is -2.44. The molecule has 41 heavy (non-hydrogen) atoms. The van der Waals surface area contributed by atoms with Crippen LogP contribution in [0, 0.1) is 5.41 Å². The molecule has 1 aliphatic rings. The Morgan fingerprint density at radius 3 is 2.32 bits per heavy atom. The first-order valence-electron chi connectivity index (χ1n) is 11.8. The van der Waals surface area contributed by atoms with Gasteiger partial charge in [-0.1, -0.05) is 17.7 Å². The molecule has 0 bridgehead atoms. The van der Waals surface area contributed by atoms with E-state index in [-0.39, 0.29) is 42.5 Å². The molecule has 0 fully saturated rings. The molecule has 3 rings (SSSR count). The summed E-state index contributed by atoms with van der Waals surface area (Å²) in [6.07, 6.45) is -9.64. The summed E-state index contributed by atoms with van der Waals surface area (Å²) in [6.45, 7) is 2.83. The smallest absolute Gasteiger partial charge is 0.465 e. The van der Waals surface area contributed by atoms with Crippen LogP contribution in [-0.2, 0) is 20.4 Å². The average molecular weight is 628 g/mol. The van der Waals surface area contributed by atoms with Crippen molar-refractivity contribution in [3.05, 3.63) is 58.6 Å². The van der Waals surface area contributed by atoms with Crippen molar-refractivity contribution >= 4 is 46.9 Å². The molecule has 0 N–H and O–H groups in total. The van der Waals surface area contributed by atoms with Crippen molar-refractivity contribution in [1.82, 2.24) is 5.01 Å². The fourth-order valence-corrected chi connectivity index (χ4v) is 5.00. The van der Waals surface area contributed by atoms with Gasteiger partial charge in [0.2, 0.25) is 0 Å². The quantitative estimate of drug-likeness (QED) is 0.132. The van der Waals surface area contributed by atoms with Crippen molar-refractivity contribution in [2.75, 3.05) is 36.9 Å². The van der Waals surface area contributed by atoms with E-state index in [1.54, 1.807) is 6.92 Å². The predicted octanol–water partition coefficient (Wildman–Crippen LogP) is 6.77. The minimum Gasteiger partial charge on any atom is -0.465 e. The number of urea groups is 1. The number of halogens is 7. The molecular weight excluding hydrogens is 604 g/mol. The van der Waals surface area contributed by atoms with Crippen LogP contribution < -0.4 is 9.04 Å². The molecule has 1 atom stereocenters. The normalized spacial score (nSPS) is 17.3. The second-order valence-electron chi connectivity index (χ2n) is 8.70. The summed E-state index contributed by atoms with van der Waals surface area (Å²) < 4.78 is 92.8. The number of benzene rings is 2. The van der Waals surface area contributed by atoms with Crippen LogP contribution in [0.3, 0.4) is 0 Å². The number of amides is 2. The Balaban J connectivity index is 2.02. The van der Waals surface area contributed by atoms with E-state index in [0.29, 0.717) is 0 Å². The van der Waals surface area contributed by atoms with Crippen LogP contribution in [0.2, 0.25) is 5.02 Å². The third-order valence-electron chi connectivity index (χ3n) is 5.69. The minimum absolute atomic E-state index is 0.0191. The molecule has 0 aliphatic carbocycles. The second-order valence-corrected chi connectivity index (χ2v) is 10.1. The molecule has 0 spiro atoms. The molecule has 8 nitrogen and oxygen atoms in total. The van der Waals surface area contributed by atoms with Crippen molar-refractivity contribution in [1.29, 1.82) is 0 Å². The lowest BCUT2D eigenvalue weighted by molar-refractivity contribution is -0.274. The number of alkyl halides is 6. The predicted molar refractivity (Wildman–Crippen MR) is 140 cm³/mol. The van der Waals surface area contributed by atoms with Crippen molar-refractivity contribution < 1.29 is 50.1 Å². The van der Waals surface area contributed by atoms with Gasteiger partial charge in [-0.05, 0) is 62.2 Å².